The predicted octanol–water partition coefficient (Wildman–Crippen LogP) is -0.0999. The number of aliphatic carboxylic acids is 1. The van der Waals surface area contributed by atoms with Gasteiger partial charge in [0.2, 0.25) is 10.0 Å². The van der Waals surface area contributed by atoms with Crippen molar-refractivity contribution < 1.29 is 23.1 Å². The van der Waals surface area contributed by atoms with Crippen LogP contribution in [0.1, 0.15) is 20.8 Å². The maximum Gasteiger partial charge on any atom is 0.323 e. The molecule has 0 spiro atoms. The van der Waals surface area contributed by atoms with Crippen LogP contribution in [0.3, 0.4) is 0 Å². The molecule has 1 N–H and O–H groups in total. The second-order valence-electron chi connectivity index (χ2n) is 4.46. The van der Waals surface area contributed by atoms with E-state index in [4.69, 9.17) is 9.84 Å². The van der Waals surface area contributed by atoms with E-state index >= 15 is 0 Å². The summed E-state index contributed by atoms with van der Waals surface area (Å²) in [6.07, 6.45) is 0. The molecule has 0 bridgehead atoms. The molecular formula is C9H17NO5S. The van der Waals surface area contributed by atoms with Gasteiger partial charge in [0.25, 0.3) is 0 Å². The molecule has 7 heteroatoms. The largest absolute Gasteiger partial charge is 0.480 e. The molecule has 0 aliphatic carbocycles. The van der Waals surface area contributed by atoms with Gasteiger partial charge in [-0.3, -0.25) is 4.79 Å². The molecule has 0 amide bonds. The van der Waals surface area contributed by atoms with Gasteiger partial charge in [-0.2, -0.15) is 4.31 Å². The van der Waals surface area contributed by atoms with Crippen molar-refractivity contribution >= 4 is 16.0 Å². The van der Waals surface area contributed by atoms with Crippen molar-refractivity contribution in [3.8, 4) is 0 Å². The summed E-state index contributed by atoms with van der Waals surface area (Å²) in [4.78, 5) is 10.8. The zero-order chi connectivity index (χ0) is 12.6. The van der Waals surface area contributed by atoms with Gasteiger partial charge in [0.15, 0.2) is 5.25 Å². The average Bonchev–Trinajstić information content (AvgIpc) is 2.15. The molecule has 0 saturated carbocycles. The molecule has 16 heavy (non-hydrogen) atoms. The zero-order valence-electron chi connectivity index (χ0n) is 9.63. The Labute approximate surface area is 95.2 Å². The monoisotopic (exact) mass is 251 g/mol. The first-order valence-electron chi connectivity index (χ1n) is 5.02. The minimum atomic E-state index is -3.82. The van der Waals surface area contributed by atoms with E-state index in [1.165, 1.54) is 11.2 Å². The van der Waals surface area contributed by atoms with Gasteiger partial charge in [0, 0.05) is 6.54 Å². The lowest BCUT2D eigenvalue weighted by atomic mass is 10.1. The smallest absolute Gasteiger partial charge is 0.323 e. The Hall–Kier alpha value is -0.660. The number of nitrogens with zero attached hydrogens (tertiary/aromatic N) is 1. The first-order chi connectivity index (χ1) is 7.19. The average molecular weight is 251 g/mol. The fourth-order valence-corrected chi connectivity index (χ4v) is 3.34. The minimum absolute atomic E-state index is 0.201. The molecule has 1 atom stereocenters. The Bertz CT molecular complexity index is 375. The van der Waals surface area contributed by atoms with Crippen LogP contribution in [-0.2, 0) is 19.6 Å². The highest BCUT2D eigenvalue weighted by Crippen LogP contribution is 2.25. The first kappa shape index (κ1) is 13.4. The Morgan fingerprint density at radius 2 is 2.06 bits per heavy atom. The zero-order valence-corrected chi connectivity index (χ0v) is 10.5. The molecule has 0 aromatic rings. The fourth-order valence-electron chi connectivity index (χ4n) is 1.63. The van der Waals surface area contributed by atoms with E-state index in [9.17, 15) is 13.2 Å². The summed E-state index contributed by atoms with van der Waals surface area (Å²) in [5.74, 6) is -1.33. The molecule has 1 rings (SSSR count). The van der Waals surface area contributed by atoms with Crippen LogP contribution in [0.25, 0.3) is 0 Å². The lowest BCUT2D eigenvalue weighted by Gasteiger charge is -2.41. The van der Waals surface area contributed by atoms with Crippen molar-refractivity contribution in [2.45, 2.75) is 31.6 Å². The second-order valence-corrected chi connectivity index (χ2v) is 6.64. The molecule has 0 radical (unpaired) electrons. The van der Waals surface area contributed by atoms with E-state index in [0.29, 0.717) is 6.61 Å². The van der Waals surface area contributed by atoms with Crippen LogP contribution in [0, 0.1) is 0 Å². The SMILES string of the molecule is CC(C(=O)O)S(=O)(=O)N1CCOCC1(C)C. The minimum Gasteiger partial charge on any atom is -0.480 e. The number of carboxylic acids is 1. The molecule has 0 aromatic carbocycles. The molecule has 1 saturated heterocycles. The van der Waals surface area contributed by atoms with Gasteiger partial charge in [-0.05, 0) is 20.8 Å². The topological polar surface area (TPSA) is 83.9 Å². The molecule has 1 heterocycles. The molecule has 94 valence electrons. The number of morpholine rings is 1. The fraction of sp³-hybridized carbons (Fsp3) is 0.889. The number of hydrogen-bond donors (Lipinski definition) is 1. The van der Waals surface area contributed by atoms with E-state index in [1.54, 1.807) is 13.8 Å². The van der Waals surface area contributed by atoms with Crippen molar-refractivity contribution in [3.05, 3.63) is 0 Å². The number of hydrogen-bond acceptors (Lipinski definition) is 4. The van der Waals surface area contributed by atoms with Crippen LogP contribution in [0.2, 0.25) is 0 Å². The van der Waals surface area contributed by atoms with Crippen LogP contribution < -0.4 is 0 Å². The summed E-state index contributed by atoms with van der Waals surface area (Å²) >= 11 is 0. The van der Waals surface area contributed by atoms with Gasteiger partial charge in [-0.15, -0.1) is 0 Å². The molecule has 1 unspecified atom stereocenters. The van der Waals surface area contributed by atoms with Gasteiger partial charge >= 0.3 is 5.97 Å². The maximum atomic E-state index is 12.0. The summed E-state index contributed by atoms with van der Waals surface area (Å²) in [5.41, 5.74) is -0.694. The molecule has 6 nitrogen and oxygen atoms in total. The predicted molar refractivity (Wildman–Crippen MR) is 57.6 cm³/mol. The van der Waals surface area contributed by atoms with Crippen molar-refractivity contribution in [2.75, 3.05) is 19.8 Å². The third-order valence-electron chi connectivity index (χ3n) is 2.67. The number of rotatable bonds is 3. The van der Waals surface area contributed by atoms with Crippen LogP contribution >= 0.6 is 0 Å². The molecule has 1 fully saturated rings. The van der Waals surface area contributed by atoms with Gasteiger partial charge in [0.1, 0.15) is 0 Å². The second kappa shape index (κ2) is 4.31. The molecule has 1 aliphatic rings. The van der Waals surface area contributed by atoms with Gasteiger partial charge < -0.3 is 9.84 Å². The molecule has 1 aliphatic heterocycles. The van der Waals surface area contributed by atoms with Gasteiger partial charge in [0.05, 0.1) is 18.8 Å². The Balaban J connectivity index is 3.03. The van der Waals surface area contributed by atoms with Gasteiger partial charge in [-0.25, -0.2) is 8.42 Å². The Morgan fingerprint density at radius 1 is 1.50 bits per heavy atom. The normalized spacial score (nSPS) is 23.9. The summed E-state index contributed by atoms with van der Waals surface area (Å²) in [6.45, 7) is 5.40. The van der Waals surface area contributed by atoms with Crippen molar-refractivity contribution in [1.29, 1.82) is 0 Å². The van der Waals surface area contributed by atoms with Crippen LogP contribution in [0.15, 0.2) is 0 Å². The standard InChI is InChI=1S/C9H17NO5S/c1-7(8(11)12)16(13,14)10-4-5-15-6-9(10,2)3/h7H,4-6H2,1-3H3,(H,11,12). The van der Waals surface area contributed by atoms with Crippen LogP contribution in [0.4, 0.5) is 0 Å². The van der Waals surface area contributed by atoms with Crippen molar-refractivity contribution in [2.24, 2.45) is 0 Å². The quantitative estimate of drug-likeness (QED) is 0.757. The molecule has 0 aromatic heterocycles. The number of carboxylic acid groups (broad SMARTS) is 1. The van der Waals surface area contributed by atoms with E-state index in [2.05, 4.69) is 0 Å². The van der Waals surface area contributed by atoms with E-state index in [0.717, 1.165) is 0 Å². The summed E-state index contributed by atoms with van der Waals surface area (Å²) in [7, 11) is -3.82. The summed E-state index contributed by atoms with van der Waals surface area (Å²) in [6, 6.07) is 0. The summed E-state index contributed by atoms with van der Waals surface area (Å²) < 4.78 is 30.5. The van der Waals surface area contributed by atoms with E-state index in [1.807, 2.05) is 0 Å². The third-order valence-corrected chi connectivity index (χ3v) is 5.06. The number of sulfonamides is 1. The van der Waals surface area contributed by atoms with Crippen LogP contribution in [0.5, 0.6) is 0 Å². The Kier molecular flexibility index (Phi) is 3.61. The van der Waals surface area contributed by atoms with E-state index in [-0.39, 0.29) is 13.2 Å². The Morgan fingerprint density at radius 3 is 2.50 bits per heavy atom. The number of carbonyl (C=O) groups is 1. The lowest BCUT2D eigenvalue weighted by Crippen LogP contribution is -2.58. The van der Waals surface area contributed by atoms with Gasteiger partial charge in [-0.1, -0.05) is 0 Å². The van der Waals surface area contributed by atoms with E-state index < -0.39 is 26.8 Å². The highest BCUT2D eigenvalue weighted by molar-refractivity contribution is 7.90. The van der Waals surface area contributed by atoms with Crippen molar-refractivity contribution in [3.63, 3.8) is 0 Å². The number of ether oxygens (including phenoxy) is 1. The first-order valence-corrected chi connectivity index (χ1v) is 6.52. The maximum absolute atomic E-state index is 12.0. The third kappa shape index (κ3) is 2.36. The van der Waals surface area contributed by atoms with Crippen LogP contribution in [-0.4, -0.2) is 54.3 Å². The highest BCUT2D eigenvalue weighted by atomic mass is 32.2. The van der Waals surface area contributed by atoms with Crippen molar-refractivity contribution in [1.82, 2.24) is 4.31 Å². The highest BCUT2D eigenvalue weighted by Gasteiger charge is 2.43. The molecular weight excluding hydrogens is 234 g/mol. The lowest BCUT2D eigenvalue weighted by molar-refractivity contribution is -0.136. The summed E-state index contributed by atoms with van der Waals surface area (Å²) in [5, 5.41) is 7.36.